The molecule has 6 heteroatoms. The van der Waals surface area contributed by atoms with Crippen LogP contribution in [-0.4, -0.2) is 41.2 Å². The largest absolute Gasteiger partial charge is 0.465 e. The minimum Gasteiger partial charge on any atom is -0.465 e. The van der Waals surface area contributed by atoms with Crippen LogP contribution in [0.4, 0.5) is 5.82 Å². The van der Waals surface area contributed by atoms with Crippen LogP contribution >= 0.6 is 0 Å². The molecule has 0 radical (unpaired) electrons. The molecule has 2 aromatic rings. The highest BCUT2D eigenvalue weighted by Gasteiger charge is 2.43. The van der Waals surface area contributed by atoms with E-state index in [1.165, 1.54) is 0 Å². The average molecular weight is 352 g/mol. The van der Waals surface area contributed by atoms with E-state index < -0.39 is 0 Å². The Morgan fingerprint density at radius 1 is 1.38 bits per heavy atom. The summed E-state index contributed by atoms with van der Waals surface area (Å²) in [4.78, 5) is 6.74. The molecule has 1 spiro atoms. The van der Waals surface area contributed by atoms with Crippen LogP contribution in [0.2, 0.25) is 0 Å². The lowest BCUT2D eigenvalue weighted by atomic mass is 9.88. The van der Waals surface area contributed by atoms with Gasteiger partial charge in [-0.15, -0.1) is 0 Å². The summed E-state index contributed by atoms with van der Waals surface area (Å²) in [6.07, 6.45) is 3.18. The first-order valence-electron chi connectivity index (χ1n) is 9.19. The lowest BCUT2D eigenvalue weighted by Crippen LogP contribution is -2.47. The molecule has 1 N–H and O–H groups in total. The Hall–Kier alpha value is -2.36. The Kier molecular flexibility index (Phi) is 4.66. The summed E-state index contributed by atoms with van der Waals surface area (Å²) in [6, 6.07) is 11.9. The molecule has 4 heterocycles. The number of ether oxygens (including phenoxy) is 1. The summed E-state index contributed by atoms with van der Waals surface area (Å²) in [7, 11) is 0. The SMILES string of the molecule is Cc1ccc(CN2CCCC3(CC(Nc4cccc(C#N)n4)CO3)C2)o1. The zero-order valence-corrected chi connectivity index (χ0v) is 15.1. The number of likely N-dealkylation sites (tertiary alicyclic amines) is 1. The van der Waals surface area contributed by atoms with E-state index in [1.54, 1.807) is 6.07 Å². The van der Waals surface area contributed by atoms with Crippen molar-refractivity contribution in [3.63, 3.8) is 0 Å². The summed E-state index contributed by atoms with van der Waals surface area (Å²) in [5, 5.41) is 12.4. The highest BCUT2D eigenvalue weighted by Crippen LogP contribution is 2.36. The van der Waals surface area contributed by atoms with Crippen molar-refractivity contribution in [2.24, 2.45) is 0 Å². The molecule has 0 amide bonds. The molecule has 2 aliphatic heterocycles. The van der Waals surface area contributed by atoms with Gasteiger partial charge in [-0.2, -0.15) is 5.26 Å². The van der Waals surface area contributed by atoms with E-state index in [9.17, 15) is 0 Å². The zero-order valence-electron chi connectivity index (χ0n) is 15.1. The molecule has 26 heavy (non-hydrogen) atoms. The van der Waals surface area contributed by atoms with Crippen LogP contribution in [0.5, 0.6) is 0 Å². The Morgan fingerprint density at radius 3 is 3.12 bits per heavy atom. The first-order valence-corrected chi connectivity index (χ1v) is 9.19. The van der Waals surface area contributed by atoms with Crippen LogP contribution in [0.3, 0.4) is 0 Å². The molecule has 0 aromatic carbocycles. The minimum atomic E-state index is -0.0929. The van der Waals surface area contributed by atoms with Gasteiger partial charge in [-0.1, -0.05) is 6.07 Å². The van der Waals surface area contributed by atoms with E-state index in [2.05, 4.69) is 27.3 Å². The smallest absolute Gasteiger partial charge is 0.142 e. The van der Waals surface area contributed by atoms with E-state index in [1.807, 2.05) is 25.1 Å². The summed E-state index contributed by atoms with van der Waals surface area (Å²) in [6.45, 7) is 5.49. The van der Waals surface area contributed by atoms with E-state index in [4.69, 9.17) is 14.4 Å². The zero-order chi connectivity index (χ0) is 18.0. The number of hydrogen-bond acceptors (Lipinski definition) is 6. The highest BCUT2D eigenvalue weighted by molar-refractivity contribution is 5.39. The number of hydrogen-bond donors (Lipinski definition) is 1. The number of aryl methyl sites for hydroxylation is 1. The van der Waals surface area contributed by atoms with Crippen molar-refractivity contribution in [3.8, 4) is 6.07 Å². The first kappa shape index (κ1) is 17.1. The second-order valence-corrected chi connectivity index (χ2v) is 7.39. The topological polar surface area (TPSA) is 74.3 Å². The van der Waals surface area contributed by atoms with Crippen LogP contribution in [0.15, 0.2) is 34.7 Å². The predicted octanol–water partition coefficient (Wildman–Crippen LogP) is 3.09. The van der Waals surface area contributed by atoms with Gasteiger partial charge < -0.3 is 14.5 Å². The molecule has 2 atom stereocenters. The molecular formula is C20H24N4O2. The van der Waals surface area contributed by atoms with Gasteiger partial charge in [-0.25, -0.2) is 4.98 Å². The minimum absolute atomic E-state index is 0.0929. The van der Waals surface area contributed by atoms with E-state index in [-0.39, 0.29) is 11.6 Å². The molecule has 6 nitrogen and oxygen atoms in total. The maximum atomic E-state index is 9.00. The summed E-state index contributed by atoms with van der Waals surface area (Å²) < 4.78 is 12.0. The monoisotopic (exact) mass is 352 g/mol. The van der Waals surface area contributed by atoms with Gasteiger partial charge in [-0.05, 0) is 50.6 Å². The maximum Gasteiger partial charge on any atom is 0.142 e. The second-order valence-electron chi connectivity index (χ2n) is 7.39. The second kappa shape index (κ2) is 7.10. The average Bonchev–Trinajstić information content (AvgIpc) is 3.21. The molecule has 0 saturated carbocycles. The molecule has 2 fully saturated rings. The summed E-state index contributed by atoms with van der Waals surface area (Å²) >= 11 is 0. The number of rotatable bonds is 4. The first-order chi connectivity index (χ1) is 12.6. The van der Waals surface area contributed by atoms with Crippen LogP contribution < -0.4 is 5.32 Å². The third-order valence-electron chi connectivity index (χ3n) is 5.22. The lowest BCUT2D eigenvalue weighted by molar-refractivity contribution is -0.0544. The molecule has 0 aliphatic carbocycles. The number of nitriles is 1. The van der Waals surface area contributed by atoms with Gasteiger partial charge in [0.25, 0.3) is 0 Å². The van der Waals surface area contributed by atoms with Crippen LogP contribution in [-0.2, 0) is 11.3 Å². The molecule has 2 unspecified atom stereocenters. The normalized spacial score (nSPS) is 26.1. The highest BCUT2D eigenvalue weighted by atomic mass is 16.5. The van der Waals surface area contributed by atoms with Gasteiger partial charge >= 0.3 is 0 Å². The summed E-state index contributed by atoms with van der Waals surface area (Å²) in [5.41, 5.74) is 0.339. The Balaban J connectivity index is 1.37. The van der Waals surface area contributed by atoms with Gasteiger partial charge in [0.15, 0.2) is 0 Å². The molecule has 2 aliphatic rings. The Bertz CT molecular complexity index is 812. The lowest BCUT2D eigenvalue weighted by Gasteiger charge is -2.39. The molecule has 0 bridgehead atoms. The van der Waals surface area contributed by atoms with Crippen molar-refractivity contribution in [3.05, 3.63) is 47.5 Å². The standard InChI is InChI=1S/C20H24N4O2/c1-15-6-7-18(26-15)12-24-9-3-8-20(14-24)10-17(13-25-20)23-19-5-2-4-16(11-21)22-19/h2,4-7,17H,3,8-10,12-14H2,1H3,(H,22,23). The van der Waals surface area contributed by atoms with E-state index in [0.29, 0.717) is 12.3 Å². The maximum absolute atomic E-state index is 9.00. The van der Waals surface area contributed by atoms with Gasteiger partial charge in [0.05, 0.1) is 24.8 Å². The third kappa shape index (κ3) is 3.74. The Labute approximate surface area is 153 Å². The number of pyridine rings is 1. The fourth-order valence-electron chi connectivity index (χ4n) is 4.12. The Morgan fingerprint density at radius 2 is 2.31 bits per heavy atom. The number of nitrogens with zero attached hydrogens (tertiary/aromatic N) is 3. The molecule has 136 valence electrons. The van der Waals surface area contributed by atoms with Gasteiger partial charge in [0.1, 0.15) is 29.1 Å². The van der Waals surface area contributed by atoms with Crippen LogP contribution in [0.1, 0.15) is 36.5 Å². The van der Waals surface area contributed by atoms with Crippen molar-refractivity contribution >= 4 is 5.82 Å². The number of nitrogens with one attached hydrogen (secondary N) is 1. The van der Waals surface area contributed by atoms with E-state index in [0.717, 1.165) is 56.2 Å². The van der Waals surface area contributed by atoms with Gasteiger partial charge in [0.2, 0.25) is 0 Å². The third-order valence-corrected chi connectivity index (χ3v) is 5.22. The van der Waals surface area contributed by atoms with Gasteiger partial charge in [-0.3, -0.25) is 4.90 Å². The van der Waals surface area contributed by atoms with Crippen LogP contribution in [0, 0.1) is 18.3 Å². The number of aromatic nitrogens is 1. The summed E-state index contributed by atoms with van der Waals surface area (Å²) in [5.74, 6) is 2.72. The number of piperidine rings is 1. The number of furan rings is 1. The molecular weight excluding hydrogens is 328 g/mol. The van der Waals surface area contributed by atoms with E-state index >= 15 is 0 Å². The fraction of sp³-hybridized carbons (Fsp3) is 0.500. The predicted molar refractivity (Wildman–Crippen MR) is 97.6 cm³/mol. The van der Waals surface area contributed by atoms with Crippen molar-refractivity contribution in [2.45, 2.75) is 44.4 Å². The quantitative estimate of drug-likeness (QED) is 0.911. The van der Waals surface area contributed by atoms with Crippen molar-refractivity contribution in [1.82, 2.24) is 9.88 Å². The molecule has 2 aromatic heterocycles. The van der Waals surface area contributed by atoms with Crippen molar-refractivity contribution < 1.29 is 9.15 Å². The fourth-order valence-corrected chi connectivity index (χ4v) is 4.12. The van der Waals surface area contributed by atoms with Crippen molar-refractivity contribution in [1.29, 1.82) is 5.26 Å². The van der Waals surface area contributed by atoms with Crippen molar-refractivity contribution in [2.75, 3.05) is 25.0 Å². The van der Waals surface area contributed by atoms with Crippen LogP contribution in [0.25, 0.3) is 0 Å². The van der Waals surface area contributed by atoms with Gasteiger partial charge in [0, 0.05) is 13.0 Å². The molecule has 2 saturated heterocycles. The molecule has 4 rings (SSSR count). The number of anilines is 1.